The van der Waals surface area contributed by atoms with Crippen molar-refractivity contribution in [2.75, 3.05) is 13.2 Å². The average molecular weight is 198 g/mol. The molecule has 2 heteroatoms. The fraction of sp³-hybridized carbons (Fsp3) is 0.833. The summed E-state index contributed by atoms with van der Waals surface area (Å²) in [6, 6.07) is 0. The Balaban J connectivity index is 2.47. The van der Waals surface area contributed by atoms with Crippen LogP contribution in [-0.2, 0) is 4.74 Å². The number of hydrogen-bond acceptors (Lipinski definition) is 2. The van der Waals surface area contributed by atoms with Crippen molar-refractivity contribution < 1.29 is 9.84 Å². The molecule has 1 unspecified atom stereocenters. The second-order valence-electron chi connectivity index (χ2n) is 4.70. The molecule has 0 amide bonds. The van der Waals surface area contributed by atoms with Gasteiger partial charge in [-0.15, -0.1) is 0 Å². The molecule has 0 aromatic carbocycles. The fourth-order valence-electron chi connectivity index (χ4n) is 2.02. The van der Waals surface area contributed by atoms with Gasteiger partial charge in [-0.1, -0.05) is 11.6 Å². The molecule has 0 fully saturated rings. The van der Waals surface area contributed by atoms with E-state index < -0.39 is 0 Å². The van der Waals surface area contributed by atoms with E-state index >= 15 is 0 Å². The summed E-state index contributed by atoms with van der Waals surface area (Å²) in [6.07, 6.45) is 5.83. The first-order valence-electron chi connectivity index (χ1n) is 5.46. The monoisotopic (exact) mass is 198 g/mol. The molecule has 1 aliphatic rings. The van der Waals surface area contributed by atoms with Crippen molar-refractivity contribution in [3.05, 3.63) is 11.6 Å². The molecule has 0 aromatic heterocycles. The second kappa shape index (κ2) is 4.94. The van der Waals surface area contributed by atoms with Crippen molar-refractivity contribution in [3.63, 3.8) is 0 Å². The van der Waals surface area contributed by atoms with Gasteiger partial charge in [0.2, 0.25) is 0 Å². The minimum atomic E-state index is -0.0973. The molecule has 0 radical (unpaired) electrons. The molecule has 1 atom stereocenters. The maximum atomic E-state index is 8.73. The molecule has 0 spiro atoms. The Labute approximate surface area is 87.0 Å². The Hall–Kier alpha value is -0.340. The minimum Gasteiger partial charge on any atom is -0.394 e. The Morgan fingerprint density at radius 3 is 2.79 bits per heavy atom. The van der Waals surface area contributed by atoms with Crippen LogP contribution in [0.4, 0.5) is 0 Å². The van der Waals surface area contributed by atoms with Gasteiger partial charge in [-0.25, -0.2) is 0 Å². The Morgan fingerprint density at radius 1 is 1.57 bits per heavy atom. The summed E-state index contributed by atoms with van der Waals surface area (Å²) in [7, 11) is 0. The van der Waals surface area contributed by atoms with Crippen molar-refractivity contribution >= 4 is 0 Å². The number of aliphatic hydroxyl groups excluding tert-OH is 1. The van der Waals surface area contributed by atoms with Gasteiger partial charge in [-0.2, -0.15) is 0 Å². The van der Waals surface area contributed by atoms with Gasteiger partial charge in [-0.3, -0.25) is 0 Å². The molecule has 0 aliphatic heterocycles. The van der Waals surface area contributed by atoms with Crippen molar-refractivity contribution in [2.45, 2.75) is 45.6 Å². The van der Waals surface area contributed by atoms with Crippen LogP contribution in [0.3, 0.4) is 0 Å². The largest absolute Gasteiger partial charge is 0.394 e. The molecule has 0 aromatic rings. The highest BCUT2D eigenvalue weighted by Crippen LogP contribution is 2.33. The van der Waals surface area contributed by atoms with E-state index in [2.05, 4.69) is 26.8 Å². The second-order valence-corrected chi connectivity index (χ2v) is 4.70. The first-order chi connectivity index (χ1) is 6.56. The zero-order valence-electron chi connectivity index (χ0n) is 9.55. The third-order valence-corrected chi connectivity index (χ3v) is 3.19. The Morgan fingerprint density at radius 2 is 2.29 bits per heavy atom. The van der Waals surface area contributed by atoms with Crippen molar-refractivity contribution in [1.29, 1.82) is 0 Å². The Bertz CT molecular complexity index is 206. The smallest absolute Gasteiger partial charge is 0.0705 e. The van der Waals surface area contributed by atoms with Crippen LogP contribution in [-0.4, -0.2) is 23.9 Å². The summed E-state index contributed by atoms with van der Waals surface area (Å²) in [5, 5.41) is 8.73. The first-order valence-corrected chi connectivity index (χ1v) is 5.46. The van der Waals surface area contributed by atoms with Crippen molar-refractivity contribution in [1.82, 2.24) is 0 Å². The molecule has 14 heavy (non-hydrogen) atoms. The van der Waals surface area contributed by atoms with E-state index in [-0.39, 0.29) is 12.2 Å². The van der Waals surface area contributed by atoms with Gasteiger partial charge in [-0.05, 0) is 46.0 Å². The number of aliphatic hydroxyl groups is 1. The normalized spacial score (nSPS) is 23.4. The molecule has 1 rings (SSSR count). The summed E-state index contributed by atoms with van der Waals surface area (Å²) in [5.41, 5.74) is 1.40. The molecule has 0 heterocycles. The zero-order valence-corrected chi connectivity index (χ0v) is 9.55. The summed E-state index contributed by atoms with van der Waals surface area (Å²) >= 11 is 0. The van der Waals surface area contributed by atoms with Crippen LogP contribution in [0.15, 0.2) is 11.6 Å². The van der Waals surface area contributed by atoms with Crippen LogP contribution < -0.4 is 0 Å². The lowest BCUT2D eigenvalue weighted by molar-refractivity contribution is -0.0735. The van der Waals surface area contributed by atoms with Crippen LogP contribution in [0.25, 0.3) is 0 Å². The molecule has 0 bridgehead atoms. The summed E-state index contributed by atoms with van der Waals surface area (Å²) in [5.74, 6) is 0.595. The first kappa shape index (κ1) is 11.7. The van der Waals surface area contributed by atoms with E-state index in [9.17, 15) is 0 Å². The fourth-order valence-corrected chi connectivity index (χ4v) is 2.02. The summed E-state index contributed by atoms with van der Waals surface area (Å²) < 4.78 is 5.67. The molecular formula is C12H22O2. The minimum absolute atomic E-state index is 0.0973. The maximum Gasteiger partial charge on any atom is 0.0705 e. The molecule has 0 saturated heterocycles. The molecular weight excluding hydrogens is 176 g/mol. The van der Waals surface area contributed by atoms with Gasteiger partial charge in [0.05, 0.1) is 18.8 Å². The SMILES string of the molecule is CC1=CCC(C(C)(C)OCCO)CC1. The van der Waals surface area contributed by atoms with Gasteiger partial charge in [0.15, 0.2) is 0 Å². The molecule has 1 N–H and O–H groups in total. The maximum absolute atomic E-state index is 8.73. The highest BCUT2D eigenvalue weighted by atomic mass is 16.5. The topological polar surface area (TPSA) is 29.5 Å². The third kappa shape index (κ3) is 3.10. The van der Waals surface area contributed by atoms with E-state index in [1.54, 1.807) is 0 Å². The van der Waals surface area contributed by atoms with E-state index in [1.807, 2.05) is 0 Å². The van der Waals surface area contributed by atoms with Crippen LogP contribution in [0.2, 0.25) is 0 Å². The number of allylic oxidation sites excluding steroid dienone is 2. The Kier molecular flexibility index (Phi) is 4.14. The standard InChI is InChI=1S/C12H22O2/c1-10-4-6-11(7-5-10)12(2,3)14-9-8-13/h4,11,13H,5-9H2,1-3H3. The van der Waals surface area contributed by atoms with Crippen LogP contribution >= 0.6 is 0 Å². The van der Waals surface area contributed by atoms with E-state index in [0.717, 1.165) is 6.42 Å². The van der Waals surface area contributed by atoms with Gasteiger partial charge >= 0.3 is 0 Å². The summed E-state index contributed by atoms with van der Waals surface area (Å²) in [4.78, 5) is 0. The van der Waals surface area contributed by atoms with Crippen LogP contribution in [0.1, 0.15) is 40.0 Å². The zero-order chi connectivity index (χ0) is 10.6. The lowest BCUT2D eigenvalue weighted by Crippen LogP contribution is -2.36. The predicted octanol–water partition coefficient (Wildman–Crippen LogP) is 2.52. The lowest BCUT2D eigenvalue weighted by Gasteiger charge is -2.36. The van der Waals surface area contributed by atoms with Crippen molar-refractivity contribution in [3.8, 4) is 0 Å². The highest BCUT2D eigenvalue weighted by Gasteiger charge is 2.30. The quantitative estimate of drug-likeness (QED) is 0.703. The van der Waals surface area contributed by atoms with Crippen LogP contribution in [0.5, 0.6) is 0 Å². The van der Waals surface area contributed by atoms with Gasteiger partial charge < -0.3 is 9.84 Å². The molecule has 0 saturated carbocycles. The predicted molar refractivity (Wildman–Crippen MR) is 58.2 cm³/mol. The van der Waals surface area contributed by atoms with Crippen molar-refractivity contribution in [2.24, 2.45) is 5.92 Å². The van der Waals surface area contributed by atoms with Gasteiger partial charge in [0.1, 0.15) is 0 Å². The summed E-state index contributed by atoms with van der Waals surface area (Å²) in [6.45, 7) is 7.01. The van der Waals surface area contributed by atoms with Gasteiger partial charge in [0, 0.05) is 0 Å². The highest BCUT2D eigenvalue weighted by molar-refractivity contribution is 5.05. The number of hydrogen-bond donors (Lipinski definition) is 1. The lowest BCUT2D eigenvalue weighted by atomic mass is 9.79. The van der Waals surface area contributed by atoms with Gasteiger partial charge in [0.25, 0.3) is 0 Å². The molecule has 1 aliphatic carbocycles. The van der Waals surface area contributed by atoms with E-state index in [0.29, 0.717) is 12.5 Å². The number of rotatable bonds is 4. The number of ether oxygens (including phenoxy) is 1. The molecule has 2 nitrogen and oxygen atoms in total. The molecule has 82 valence electrons. The third-order valence-electron chi connectivity index (χ3n) is 3.19. The van der Waals surface area contributed by atoms with E-state index in [1.165, 1.54) is 18.4 Å². The van der Waals surface area contributed by atoms with E-state index in [4.69, 9.17) is 9.84 Å². The van der Waals surface area contributed by atoms with Crippen LogP contribution in [0, 0.1) is 5.92 Å². The average Bonchev–Trinajstić information content (AvgIpc) is 2.16.